The Kier molecular flexibility index (Phi) is 9.82. The van der Waals surface area contributed by atoms with Crippen molar-refractivity contribution in [1.29, 1.82) is 0 Å². The summed E-state index contributed by atoms with van der Waals surface area (Å²) in [7, 11) is -2.33. The number of nitrogens with one attached hydrogen (secondary N) is 1. The van der Waals surface area contributed by atoms with E-state index < -0.39 is 28.5 Å². The highest BCUT2D eigenvalue weighted by Gasteiger charge is 2.33. The number of sulfonamides is 1. The van der Waals surface area contributed by atoms with E-state index in [1.165, 1.54) is 11.9 Å². The van der Waals surface area contributed by atoms with E-state index in [1.54, 1.807) is 30.3 Å². The van der Waals surface area contributed by atoms with Gasteiger partial charge in [0, 0.05) is 20.0 Å². The number of carbonyl (C=O) groups is 2. The monoisotopic (exact) mass is 575 g/mol. The molecule has 1 N–H and O–H groups in total. The zero-order valence-corrected chi connectivity index (χ0v) is 24.1. The molecule has 0 aliphatic rings. The van der Waals surface area contributed by atoms with E-state index in [2.05, 4.69) is 5.32 Å². The predicted molar refractivity (Wildman–Crippen MR) is 153 cm³/mol. The van der Waals surface area contributed by atoms with Crippen molar-refractivity contribution in [3.63, 3.8) is 0 Å². The average molecular weight is 577 g/mol. The molecular weight excluding hydrogens is 545 g/mol. The van der Waals surface area contributed by atoms with Crippen LogP contribution < -0.4 is 9.62 Å². The Labute approximate surface area is 234 Å². The van der Waals surface area contributed by atoms with Crippen LogP contribution in [0.15, 0.2) is 66.7 Å². The lowest BCUT2D eigenvalue weighted by Gasteiger charge is -2.33. The average Bonchev–Trinajstić information content (AvgIpc) is 2.88. The highest BCUT2D eigenvalue weighted by Crippen LogP contribution is 2.27. The van der Waals surface area contributed by atoms with Crippen molar-refractivity contribution in [3.05, 3.63) is 99.0 Å². The number of hydrogen-bond acceptors (Lipinski definition) is 4. The first-order valence-electron chi connectivity index (χ1n) is 11.9. The van der Waals surface area contributed by atoms with Gasteiger partial charge in [-0.1, -0.05) is 71.7 Å². The molecule has 10 heteroatoms. The summed E-state index contributed by atoms with van der Waals surface area (Å²) in [4.78, 5) is 28.5. The standard InChI is InChI=1S/C28H31Cl2N3O4S/c1-19-9-8-12-25(20(19)2)33(38(4,36)37)18-27(34)32(17-22-13-14-23(29)24(30)15-22)26(28(35)31-3)16-21-10-6-5-7-11-21/h5-15,26H,16-18H2,1-4H3,(H,31,35). The van der Waals surface area contributed by atoms with Crippen LogP contribution in [-0.2, 0) is 32.6 Å². The number of nitrogens with zero attached hydrogens (tertiary/aromatic N) is 2. The number of aryl methyl sites for hydroxylation is 1. The number of rotatable bonds is 10. The Balaban J connectivity index is 2.07. The van der Waals surface area contributed by atoms with Crippen molar-refractivity contribution >= 4 is 50.7 Å². The summed E-state index contributed by atoms with van der Waals surface area (Å²) in [5.74, 6) is -0.910. The number of likely N-dealkylation sites (N-methyl/N-ethyl adjacent to an activating group) is 1. The van der Waals surface area contributed by atoms with Crippen molar-refractivity contribution in [2.75, 3.05) is 24.2 Å². The van der Waals surface area contributed by atoms with Gasteiger partial charge in [-0.25, -0.2) is 8.42 Å². The molecule has 0 aliphatic carbocycles. The molecule has 0 radical (unpaired) electrons. The highest BCUT2D eigenvalue weighted by atomic mass is 35.5. The molecule has 38 heavy (non-hydrogen) atoms. The molecule has 0 saturated heterocycles. The van der Waals surface area contributed by atoms with Gasteiger partial charge in [-0.15, -0.1) is 0 Å². The van der Waals surface area contributed by atoms with Crippen LogP contribution in [0.1, 0.15) is 22.3 Å². The lowest BCUT2D eigenvalue weighted by molar-refractivity contribution is -0.139. The van der Waals surface area contributed by atoms with Gasteiger partial charge in [-0.05, 0) is 54.3 Å². The first-order chi connectivity index (χ1) is 17.9. The Bertz CT molecular complexity index is 1410. The highest BCUT2D eigenvalue weighted by molar-refractivity contribution is 7.92. The van der Waals surface area contributed by atoms with Crippen LogP contribution >= 0.6 is 23.2 Å². The summed E-state index contributed by atoms with van der Waals surface area (Å²) in [6, 6.07) is 18.7. The molecule has 0 heterocycles. The third-order valence-corrected chi connectivity index (χ3v) is 8.24. The second-order valence-corrected chi connectivity index (χ2v) is 11.8. The number of amides is 2. The Morgan fingerprint density at radius 2 is 1.61 bits per heavy atom. The number of carbonyl (C=O) groups excluding carboxylic acids is 2. The fourth-order valence-electron chi connectivity index (χ4n) is 4.16. The van der Waals surface area contributed by atoms with Gasteiger partial charge in [0.05, 0.1) is 22.0 Å². The molecule has 7 nitrogen and oxygen atoms in total. The van der Waals surface area contributed by atoms with Crippen LogP contribution in [0, 0.1) is 13.8 Å². The van der Waals surface area contributed by atoms with Crippen LogP contribution in [0.25, 0.3) is 0 Å². The molecule has 3 aromatic rings. The molecule has 3 aromatic carbocycles. The minimum atomic E-state index is -3.83. The smallest absolute Gasteiger partial charge is 0.244 e. The van der Waals surface area contributed by atoms with Gasteiger partial charge < -0.3 is 10.2 Å². The third-order valence-electron chi connectivity index (χ3n) is 6.38. The van der Waals surface area contributed by atoms with E-state index in [0.29, 0.717) is 21.3 Å². The van der Waals surface area contributed by atoms with Gasteiger partial charge in [0.15, 0.2) is 0 Å². The molecular formula is C28H31Cl2N3O4S. The largest absolute Gasteiger partial charge is 0.357 e. The maximum absolute atomic E-state index is 14.0. The fraction of sp³-hybridized carbons (Fsp3) is 0.286. The zero-order chi connectivity index (χ0) is 28.0. The molecule has 0 bridgehead atoms. The van der Waals surface area contributed by atoms with Crippen LogP contribution in [-0.4, -0.2) is 51.0 Å². The van der Waals surface area contributed by atoms with Crippen molar-refractivity contribution in [2.45, 2.75) is 32.9 Å². The van der Waals surface area contributed by atoms with Crippen LogP contribution in [0.3, 0.4) is 0 Å². The summed E-state index contributed by atoms with van der Waals surface area (Å²) in [5, 5.41) is 3.32. The van der Waals surface area contributed by atoms with Crippen molar-refractivity contribution in [1.82, 2.24) is 10.2 Å². The van der Waals surface area contributed by atoms with Gasteiger partial charge in [0.2, 0.25) is 21.8 Å². The first-order valence-corrected chi connectivity index (χ1v) is 14.6. The maximum atomic E-state index is 14.0. The number of halogens is 2. The molecule has 1 atom stereocenters. The van der Waals surface area contributed by atoms with Crippen LogP contribution in [0.4, 0.5) is 5.69 Å². The Morgan fingerprint density at radius 3 is 2.21 bits per heavy atom. The molecule has 1 unspecified atom stereocenters. The minimum Gasteiger partial charge on any atom is -0.357 e. The summed E-state index contributed by atoms with van der Waals surface area (Å²) < 4.78 is 26.9. The molecule has 3 rings (SSSR count). The number of anilines is 1. The van der Waals surface area contributed by atoms with Gasteiger partial charge in [-0.2, -0.15) is 0 Å². The summed E-state index contributed by atoms with van der Waals surface area (Å²) >= 11 is 12.3. The van der Waals surface area contributed by atoms with E-state index in [0.717, 1.165) is 27.3 Å². The topological polar surface area (TPSA) is 86.8 Å². The summed E-state index contributed by atoms with van der Waals surface area (Å²) in [5.41, 5.74) is 3.54. The van der Waals surface area contributed by atoms with E-state index in [4.69, 9.17) is 23.2 Å². The summed E-state index contributed by atoms with van der Waals surface area (Å²) in [6.45, 7) is 3.22. The lowest BCUT2D eigenvalue weighted by atomic mass is 10.0. The molecule has 0 saturated carbocycles. The van der Waals surface area contributed by atoms with Crippen molar-refractivity contribution < 1.29 is 18.0 Å². The molecule has 0 aromatic heterocycles. The van der Waals surface area contributed by atoms with Gasteiger partial charge in [0.1, 0.15) is 12.6 Å². The van der Waals surface area contributed by atoms with Crippen LogP contribution in [0.2, 0.25) is 10.0 Å². The second kappa shape index (κ2) is 12.7. The summed E-state index contributed by atoms with van der Waals surface area (Å²) in [6.07, 6.45) is 1.29. The molecule has 2 amide bonds. The Hall–Kier alpha value is -3.07. The quantitative estimate of drug-likeness (QED) is 0.377. The molecule has 0 spiro atoms. The van der Waals surface area contributed by atoms with E-state index in [-0.39, 0.29) is 18.9 Å². The Morgan fingerprint density at radius 1 is 0.921 bits per heavy atom. The number of hydrogen-bond donors (Lipinski definition) is 1. The fourth-order valence-corrected chi connectivity index (χ4v) is 5.38. The first kappa shape index (κ1) is 29.5. The van der Waals surface area contributed by atoms with Gasteiger partial charge in [0.25, 0.3) is 0 Å². The zero-order valence-electron chi connectivity index (χ0n) is 21.7. The van der Waals surface area contributed by atoms with Gasteiger partial charge in [-0.3, -0.25) is 13.9 Å². The molecule has 202 valence electrons. The maximum Gasteiger partial charge on any atom is 0.244 e. The van der Waals surface area contributed by atoms with E-state index in [1.807, 2.05) is 50.2 Å². The van der Waals surface area contributed by atoms with E-state index in [9.17, 15) is 18.0 Å². The van der Waals surface area contributed by atoms with E-state index >= 15 is 0 Å². The molecule has 0 aliphatic heterocycles. The predicted octanol–water partition coefficient (Wildman–Crippen LogP) is 4.76. The number of benzene rings is 3. The van der Waals surface area contributed by atoms with Crippen molar-refractivity contribution in [2.24, 2.45) is 0 Å². The molecule has 0 fully saturated rings. The normalized spacial score (nSPS) is 12.1. The lowest BCUT2D eigenvalue weighted by Crippen LogP contribution is -2.53. The third kappa shape index (κ3) is 7.28. The van der Waals surface area contributed by atoms with Crippen molar-refractivity contribution in [3.8, 4) is 0 Å². The van der Waals surface area contributed by atoms with Crippen LogP contribution in [0.5, 0.6) is 0 Å². The van der Waals surface area contributed by atoms with Gasteiger partial charge >= 0.3 is 0 Å². The second-order valence-electron chi connectivity index (χ2n) is 9.08. The SMILES string of the molecule is CNC(=O)C(Cc1ccccc1)N(Cc1ccc(Cl)c(Cl)c1)C(=O)CN(c1cccc(C)c1C)S(C)(=O)=O. The minimum absolute atomic E-state index is 0.0189.